The highest BCUT2D eigenvalue weighted by Gasteiger charge is 2.05. The van der Waals surface area contributed by atoms with E-state index in [4.69, 9.17) is 9.47 Å². The van der Waals surface area contributed by atoms with Gasteiger partial charge in [0.1, 0.15) is 0 Å². The van der Waals surface area contributed by atoms with E-state index in [-0.39, 0.29) is 5.91 Å². The first-order valence-electron chi connectivity index (χ1n) is 8.22. The Kier molecular flexibility index (Phi) is 6.57. The topological polar surface area (TPSA) is 59.9 Å². The largest absolute Gasteiger partial charge is 0.493 e. The Balaban J connectivity index is 1.95. The molecule has 0 unspecified atom stereocenters. The van der Waals surface area contributed by atoms with E-state index < -0.39 is 0 Å². The van der Waals surface area contributed by atoms with Crippen molar-refractivity contribution in [2.45, 2.75) is 27.2 Å². The molecule has 0 spiro atoms. The van der Waals surface area contributed by atoms with Gasteiger partial charge in [0.2, 0.25) is 5.91 Å². The summed E-state index contributed by atoms with van der Waals surface area (Å²) in [5, 5.41) is 4.01. The second-order valence-corrected chi connectivity index (χ2v) is 5.73. The van der Waals surface area contributed by atoms with E-state index in [9.17, 15) is 4.79 Å². The molecule has 0 aliphatic heterocycles. The van der Waals surface area contributed by atoms with Crippen molar-refractivity contribution in [1.82, 2.24) is 5.43 Å². The van der Waals surface area contributed by atoms with Crippen molar-refractivity contribution in [2.24, 2.45) is 5.10 Å². The third-order valence-electron chi connectivity index (χ3n) is 3.83. The molecule has 0 aromatic heterocycles. The van der Waals surface area contributed by atoms with Crippen molar-refractivity contribution in [3.05, 3.63) is 58.7 Å². The molecule has 0 saturated heterocycles. The van der Waals surface area contributed by atoms with E-state index in [2.05, 4.69) is 17.5 Å². The summed E-state index contributed by atoms with van der Waals surface area (Å²) in [6, 6.07) is 11.5. The Morgan fingerprint density at radius 2 is 1.92 bits per heavy atom. The molecule has 2 aromatic carbocycles. The highest BCUT2D eigenvalue weighted by Crippen LogP contribution is 2.27. The zero-order valence-electron chi connectivity index (χ0n) is 15.1. The summed E-state index contributed by atoms with van der Waals surface area (Å²) in [6.45, 7) is 6.57. The van der Waals surface area contributed by atoms with Crippen LogP contribution in [0.15, 0.2) is 41.5 Å². The number of ether oxygens (including phenoxy) is 2. The number of rotatable bonds is 7. The molecule has 0 fully saturated rings. The molecular formula is C20H24N2O3. The van der Waals surface area contributed by atoms with Crippen molar-refractivity contribution in [3.63, 3.8) is 0 Å². The molecule has 1 amide bonds. The van der Waals surface area contributed by atoms with Crippen LogP contribution in [0.25, 0.3) is 0 Å². The SMILES string of the molecule is CCOc1ccc(/C=N\NC(=O)Cc2ccc(C)c(C)c2)cc1OC. The maximum Gasteiger partial charge on any atom is 0.244 e. The van der Waals surface area contributed by atoms with Gasteiger partial charge < -0.3 is 9.47 Å². The predicted molar refractivity (Wildman–Crippen MR) is 99.5 cm³/mol. The molecule has 25 heavy (non-hydrogen) atoms. The molecule has 5 nitrogen and oxygen atoms in total. The number of nitrogens with zero attached hydrogens (tertiary/aromatic N) is 1. The lowest BCUT2D eigenvalue weighted by molar-refractivity contribution is -0.120. The predicted octanol–water partition coefficient (Wildman–Crippen LogP) is 3.40. The number of methoxy groups -OCH3 is 1. The van der Waals surface area contributed by atoms with Gasteiger partial charge in [-0.05, 0) is 61.2 Å². The van der Waals surface area contributed by atoms with Crippen LogP contribution in [0.4, 0.5) is 0 Å². The molecule has 0 saturated carbocycles. The lowest BCUT2D eigenvalue weighted by atomic mass is 10.0. The summed E-state index contributed by atoms with van der Waals surface area (Å²) in [4.78, 5) is 12.0. The average Bonchev–Trinajstić information content (AvgIpc) is 2.59. The van der Waals surface area contributed by atoms with Crippen LogP contribution in [-0.4, -0.2) is 25.8 Å². The van der Waals surface area contributed by atoms with Crippen LogP contribution in [0, 0.1) is 13.8 Å². The van der Waals surface area contributed by atoms with Crippen molar-refractivity contribution in [3.8, 4) is 11.5 Å². The van der Waals surface area contributed by atoms with Gasteiger partial charge in [-0.3, -0.25) is 4.79 Å². The molecule has 132 valence electrons. The van der Waals surface area contributed by atoms with Crippen molar-refractivity contribution in [1.29, 1.82) is 0 Å². The summed E-state index contributed by atoms with van der Waals surface area (Å²) in [7, 11) is 1.59. The van der Waals surface area contributed by atoms with E-state index in [1.807, 2.05) is 50.2 Å². The molecule has 0 bridgehead atoms. The van der Waals surface area contributed by atoms with Gasteiger partial charge in [0.15, 0.2) is 11.5 Å². The fourth-order valence-corrected chi connectivity index (χ4v) is 2.36. The van der Waals surface area contributed by atoms with Crippen molar-refractivity contribution in [2.75, 3.05) is 13.7 Å². The van der Waals surface area contributed by atoms with Gasteiger partial charge in [0, 0.05) is 0 Å². The van der Waals surface area contributed by atoms with Crippen molar-refractivity contribution < 1.29 is 14.3 Å². The summed E-state index contributed by atoms with van der Waals surface area (Å²) in [6.07, 6.45) is 1.88. The Bertz CT molecular complexity index is 770. The molecule has 0 radical (unpaired) electrons. The normalized spacial score (nSPS) is 10.7. The van der Waals surface area contributed by atoms with Crippen LogP contribution in [0.2, 0.25) is 0 Å². The zero-order chi connectivity index (χ0) is 18.2. The summed E-state index contributed by atoms with van der Waals surface area (Å²) in [5.74, 6) is 1.16. The monoisotopic (exact) mass is 340 g/mol. The number of amides is 1. The van der Waals surface area contributed by atoms with E-state index in [0.717, 1.165) is 11.1 Å². The minimum absolute atomic E-state index is 0.155. The van der Waals surface area contributed by atoms with Gasteiger partial charge in [-0.1, -0.05) is 18.2 Å². The zero-order valence-corrected chi connectivity index (χ0v) is 15.1. The molecule has 1 N–H and O–H groups in total. The maximum absolute atomic E-state index is 12.0. The standard InChI is InChI=1S/C20H24N2O3/c1-5-25-18-9-8-17(11-19(18)24-4)13-21-22-20(23)12-16-7-6-14(2)15(3)10-16/h6-11,13H,5,12H2,1-4H3,(H,22,23)/b21-13-. The number of nitrogens with one attached hydrogen (secondary N) is 1. The lowest BCUT2D eigenvalue weighted by Gasteiger charge is -2.09. The summed E-state index contributed by atoms with van der Waals surface area (Å²) < 4.78 is 10.8. The van der Waals surface area contributed by atoms with E-state index in [0.29, 0.717) is 24.5 Å². The fourth-order valence-electron chi connectivity index (χ4n) is 2.36. The highest BCUT2D eigenvalue weighted by atomic mass is 16.5. The molecule has 2 aromatic rings. The van der Waals surface area contributed by atoms with Gasteiger partial charge in [0.05, 0.1) is 26.4 Å². The maximum atomic E-state index is 12.0. The number of hydrazone groups is 1. The Hall–Kier alpha value is -2.82. The Morgan fingerprint density at radius 3 is 2.60 bits per heavy atom. The first-order valence-corrected chi connectivity index (χ1v) is 8.22. The minimum Gasteiger partial charge on any atom is -0.493 e. The van der Waals surface area contributed by atoms with E-state index in [1.165, 1.54) is 11.1 Å². The average molecular weight is 340 g/mol. The molecular weight excluding hydrogens is 316 g/mol. The fraction of sp³-hybridized carbons (Fsp3) is 0.300. The molecule has 0 aliphatic carbocycles. The van der Waals surface area contributed by atoms with E-state index in [1.54, 1.807) is 13.3 Å². The van der Waals surface area contributed by atoms with Gasteiger partial charge in [-0.2, -0.15) is 5.10 Å². The molecule has 5 heteroatoms. The van der Waals surface area contributed by atoms with Gasteiger partial charge >= 0.3 is 0 Å². The molecule has 2 rings (SSSR count). The van der Waals surface area contributed by atoms with Crippen LogP contribution in [-0.2, 0) is 11.2 Å². The lowest BCUT2D eigenvalue weighted by Crippen LogP contribution is -2.19. The van der Waals surface area contributed by atoms with Crippen LogP contribution in [0.3, 0.4) is 0 Å². The number of carbonyl (C=O) groups is 1. The second kappa shape index (κ2) is 8.87. The van der Waals surface area contributed by atoms with Gasteiger partial charge in [0.25, 0.3) is 0 Å². The first kappa shape index (κ1) is 18.5. The summed E-state index contributed by atoms with van der Waals surface area (Å²) in [5.41, 5.74) is 6.72. The smallest absolute Gasteiger partial charge is 0.244 e. The Labute approximate surface area is 148 Å². The summed E-state index contributed by atoms with van der Waals surface area (Å²) >= 11 is 0. The third kappa shape index (κ3) is 5.35. The first-order chi connectivity index (χ1) is 12.0. The van der Waals surface area contributed by atoms with Crippen molar-refractivity contribution >= 4 is 12.1 Å². The van der Waals surface area contributed by atoms with Gasteiger partial charge in [-0.25, -0.2) is 5.43 Å². The molecule has 0 atom stereocenters. The molecule has 0 heterocycles. The quantitative estimate of drug-likeness (QED) is 0.621. The van der Waals surface area contributed by atoms with E-state index >= 15 is 0 Å². The van der Waals surface area contributed by atoms with Crippen LogP contribution in [0.5, 0.6) is 11.5 Å². The molecule has 0 aliphatic rings. The van der Waals surface area contributed by atoms with Crippen LogP contribution >= 0.6 is 0 Å². The highest BCUT2D eigenvalue weighted by molar-refractivity contribution is 5.84. The van der Waals surface area contributed by atoms with Crippen LogP contribution < -0.4 is 14.9 Å². The number of benzene rings is 2. The number of carbonyl (C=O) groups excluding carboxylic acids is 1. The van der Waals surface area contributed by atoms with Crippen LogP contribution in [0.1, 0.15) is 29.2 Å². The van der Waals surface area contributed by atoms with Gasteiger partial charge in [-0.15, -0.1) is 0 Å². The third-order valence-corrected chi connectivity index (χ3v) is 3.83. The minimum atomic E-state index is -0.155. The Morgan fingerprint density at radius 1 is 1.12 bits per heavy atom. The number of hydrogen-bond acceptors (Lipinski definition) is 4. The number of aryl methyl sites for hydroxylation is 2. The number of hydrogen-bond donors (Lipinski definition) is 1. The second-order valence-electron chi connectivity index (χ2n) is 5.73.